The molecule has 2 aromatic heterocycles. The second kappa shape index (κ2) is 6.22. The van der Waals surface area contributed by atoms with Crippen molar-refractivity contribution in [2.45, 2.75) is 32.7 Å². The van der Waals surface area contributed by atoms with Crippen LogP contribution < -0.4 is 11.1 Å². The molecule has 0 aliphatic carbocycles. The lowest BCUT2D eigenvalue weighted by Crippen LogP contribution is -2.38. The average molecular weight is 259 g/mol. The number of aliphatic imine (C=N–C) groups is 1. The van der Waals surface area contributed by atoms with Crippen molar-refractivity contribution in [2.75, 3.05) is 6.54 Å². The van der Waals surface area contributed by atoms with Gasteiger partial charge in [-0.2, -0.15) is 0 Å². The van der Waals surface area contributed by atoms with Crippen LogP contribution in [0.3, 0.4) is 0 Å². The molecule has 2 rings (SSSR count). The number of nitrogens with zero attached hydrogens (tertiary/aromatic N) is 3. The lowest BCUT2D eigenvalue weighted by Gasteiger charge is -2.11. The molecule has 2 heterocycles. The molecule has 1 unspecified atom stereocenters. The predicted molar refractivity (Wildman–Crippen MR) is 78.3 cm³/mol. The van der Waals surface area contributed by atoms with Crippen LogP contribution in [0.4, 0.5) is 0 Å². The van der Waals surface area contributed by atoms with Gasteiger partial charge in [0, 0.05) is 31.4 Å². The largest absolute Gasteiger partial charge is 0.370 e. The molecule has 102 valence electrons. The van der Waals surface area contributed by atoms with Crippen LogP contribution in [0.1, 0.15) is 26.0 Å². The van der Waals surface area contributed by atoms with Crippen LogP contribution in [-0.2, 0) is 6.42 Å². The Kier molecular flexibility index (Phi) is 4.39. The van der Waals surface area contributed by atoms with Crippen LogP contribution in [0.15, 0.2) is 35.6 Å². The highest BCUT2D eigenvalue weighted by Gasteiger charge is 2.01. The van der Waals surface area contributed by atoms with Gasteiger partial charge in [0.1, 0.15) is 5.65 Å². The third kappa shape index (κ3) is 3.71. The van der Waals surface area contributed by atoms with Gasteiger partial charge >= 0.3 is 0 Å². The van der Waals surface area contributed by atoms with Gasteiger partial charge in [-0.3, -0.25) is 4.99 Å². The SMILES string of the molecule is CCC(C)NC(N)=NCCc1cn2ccccc2n1. The molecule has 2 aromatic rings. The van der Waals surface area contributed by atoms with Gasteiger partial charge in [-0.05, 0) is 25.5 Å². The van der Waals surface area contributed by atoms with Crippen molar-refractivity contribution in [3.05, 3.63) is 36.3 Å². The summed E-state index contributed by atoms with van der Waals surface area (Å²) in [5.74, 6) is 0.512. The van der Waals surface area contributed by atoms with E-state index in [4.69, 9.17) is 5.73 Å². The number of guanidine groups is 1. The standard InChI is InChI=1S/C14H21N5/c1-3-11(2)17-14(15)16-8-7-12-10-19-9-5-4-6-13(19)18-12/h4-6,9-11H,3,7-8H2,1-2H3,(H3,15,16,17). The fourth-order valence-corrected chi connectivity index (χ4v) is 1.80. The molecular formula is C14H21N5. The molecule has 0 aliphatic heterocycles. The molecular weight excluding hydrogens is 238 g/mol. The van der Waals surface area contributed by atoms with Crippen molar-refractivity contribution < 1.29 is 0 Å². The first kappa shape index (κ1) is 13.4. The highest BCUT2D eigenvalue weighted by Crippen LogP contribution is 2.04. The smallest absolute Gasteiger partial charge is 0.188 e. The Labute approximate surface area is 113 Å². The molecule has 0 aromatic carbocycles. The third-order valence-corrected chi connectivity index (χ3v) is 3.07. The number of nitrogens with two attached hydrogens (primary N) is 1. The molecule has 5 nitrogen and oxygen atoms in total. The summed E-state index contributed by atoms with van der Waals surface area (Å²) in [6, 6.07) is 6.33. The van der Waals surface area contributed by atoms with Crippen molar-refractivity contribution in [1.29, 1.82) is 0 Å². The normalized spacial score (nSPS) is 13.7. The highest BCUT2D eigenvalue weighted by atomic mass is 15.1. The van der Waals surface area contributed by atoms with E-state index in [0.29, 0.717) is 18.5 Å². The molecule has 0 amide bonds. The van der Waals surface area contributed by atoms with Crippen molar-refractivity contribution in [1.82, 2.24) is 14.7 Å². The van der Waals surface area contributed by atoms with Gasteiger partial charge in [0.25, 0.3) is 0 Å². The van der Waals surface area contributed by atoms with E-state index < -0.39 is 0 Å². The average Bonchev–Trinajstić information content (AvgIpc) is 2.81. The van der Waals surface area contributed by atoms with Crippen LogP contribution in [0, 0.1) is 0 Å². The Morgan fingerprint density at radius 2 is 2.37 bits per heavy atom. The Morgan fingerprint density at radius 1 is 1.53 bits per heavy atom. The number of pyridine rings is 1. The summed E-state index contributed by atoms with van der Waals surface area (Å²) in [6.07, 6.45) is 5.85. The molecule has 0 aliphatic rings. The van der Waals surface area contributed by atoms with Crippen LogP contribution in [0.5, 0.6) is 0 Å². The molecule has 0 fully saturated rings. The van der Waals surface area contributed by atoms with E-state index in [-0.39, 0.29) is 0 Å². The van der Waals surface area contributed by atoms with E-state index in [1.165, 1.54) is 0 Å². The van der Waals surface area contributed by atoms with Crippen LogP contribution in [-0.4, -0.2) is 27.9 Å². The number of aromatic nitrogens is 2. The van der Waals surface area contributed by atoms with Crippen LogP contribution >= 0.6 is 0 Å². The van der Waals surface area contributed by atoms with Gasteiger partial charge in [0.05, 0.1) is 5.69 Å². The molecule has 0 bridgehead atoms. The van der Waals surface area contributed by atoms with Gasteiger partial charge in [-0.15, -0.1) is 0 Å². The zero-order chi connectivity index (χ0) is 13.7. The Bertz CT molecular complexity index is 525. The minimum Gasteiger partial charge on any atom is -0.370 e. The van der Waals surface area contributed by atoms with Crippen LogP contribution in [0.2, 0.25) is 0 Å². The van der Waals surface area contributed by atoms with Crippen molar-refractivity contribution >= 4 is 11.6 Å². The lowest BCUT2D eigenvalue weighted by molar-refractivity contribution is 0.636. The summed E-state index contributed by atoms with van der Waals surface area (Å²) < 4.78 is 2.01. The molecule has 0 saturated heterocycles. The topological polar surface area (TPSA) is 67.7 Å². The molecule has 0 saturated carbocycles. The van der Waals surface area contributed by atoms with E-state index in [1.54, 1.807) is 0 Å². The molecule has 0 radical (unpaired) electrons. The first-order valence-corrected chi connectivity index (χ1v) is 6.68. The summed E-state index contributed by atoms with van der Waals surface area (Å²) in [5, 5.41) is 3.14. The zero-order valence-corrected chi connectivity index (χ0v) is 11.5. The Balaban J connectivity index is 1.90. The summed E-state index contributed by atoms with van der Waals surface area (Å²) in [5.41, 5.74) is 7.80. The number of hydrogen-bond acceptors (Lipinski definition) is 2. The molecule has 0 spiro atoms. The number of nitrogens with one attached hydrogen (secondary N) is 1. The van der Waals surface area contributed by atoms with Crippen molar-refractivity contribution in [2.24, 2.45) is 10.7 Å². The number of rotatable bonds is 5. The van der Waals surface area contributed by atoms with E-state index in [0.717, 1.165) is 24.2 Å². The summed E-state index contributed by atoms with van der Waals surface area (Å²) in [4.78, 5) is 8.83. The minimum absolute atomic E-state index is 0.360. The molecule has 5 heteroatoms. The van der Waals surface area contributed by atoms with Crippen molar-refractivity contribution in [3.63, 3.8) is 0 Å². The lowest BCUT2D eigenvalue weighted by atomic mass is 10.3. The maximum absolute atomic E-state index is 5.80. The number of hydrogen-bond donors (Lipinski definition) is 2. The van der Waals surface area contributed by atoms with Gasteiger partial charge in [0.15, 0.2) is 5.96 Å². The zero-order valence-electron chi connectivity index (χ0n) is 11.5. The first-order valence-electron chi connectivity index (χ1n) is 6.68. The van der Waals surface area contributed by atoms with Gasteiger partial charge < -0.3 is 15.5 Å². The number of fused-ring (bicyclic) bond motifs is 1. The molecule has 19 heavy (non-hydrogen) atoms. The summed E-state index contributed by atoms with van der Waals surface area (Å²) in [6.45, 7) is 4.85. The third-order valence-electron chi connectivity index (χ3n) is 3.07. The first-order chi connectivity index (χ1) is 9.19. The van der Waals surface area contributed by atoms with Gasteiger partial charge in [0.2, 0.25) is 0 Å². The van der Waals surface area contributed by atoms with Gasteiger partial charge in [-0.1, -0.05) is 13.0 Å². The maximum Gasteiger partial charge on any atom is 0.188 e. The van der Waals surface area contributed by atoms with E-state index in [2.05, 4.69) is 29.1 Å². The number of imidazole rings is 1. The van der Waals surface area contributed by atoms with Crippen molar-refractivity contribution in [3.8, 4) is 0 Å². The maximum atomic E-state index is 5.80. The van der Waals surface area contributed by atoms with E-state index >= 15 is 0 Å². The highest BCUT2D eigenvalue weighted by molar-refractivity contribution is 5.78. The van der Waals surface area contributed by atoms with E-state index in [1.807, 2.05) is 35.0 Å². The fraction of sp³-hybridized carbons (Fsp3) is 0.429. The quantitative estimate of drug-likeness (QED) is 0.633. The monoisotopic (exact) mass is 259 g/mol. The van der Waals surface area contributed by atoms with Crippen LogP contribution in [0.25, 0.3) is 5.65 Å². The van der Waals surface area contributed by atoms with Gasteiger partial charge in [-0.25, -0.2) is 4.98 Å². The predicted octanol–water partition coefficient (Wildman–Crippen LogP) is 1.58. The molecule has 1 atom stereocenters. The fourth-order valence-electron chi connectivity index (χ4n) is 1.80. The minimum atomic E-state index is 0.360. The molecule has 3 N–H and O–H groups in total. The Morgan fingerprint density at radius 3 is 3.11 bits per heavy atom. The summed E-state index contributed by atoms with van der Waals surface area (Å²) >= 11 is 0. The van der Waals surface area contributed by atoms with E-state index in [9.17, 15) is 0 Å². The summed E-state index contributed by atoms with van der Waals surface area (Å²) in [7, 11) is 0. The second-order valence-electron chi connectivity index (χ2n) is 4.67. The Hall–Kier alpha value is -2.04. The second-order valence-corrected chi connectivity index (χ2v) is 4.67.